The van der Waals surface area contributed by atoms with Gasteiger partial charge >= 0.3 is 0 Å². The predicted octanol–water partition coefficient (Wildman–Crippen LogP) is 3.75. The van der Waals surface area contributed by atoms with Gasteiger partial charge < -0.3 is 10.2 Å². The largest absolute Gasteiger partial charge is 0.341 e. The number of likely N-dealkylation sites (N-methyl/N-ethyl adjacent to an activating group) is 1. The van der Waals surface area contributed by atoms with Gasteiger partial charge in [0.2, 0.25) is 11.8 Å². The van der Waals surface area contributed by atoms with E-state index in [9.17, 15) is 14.0 Å². The van der Waals surface area contributed by atoms with E-state index in [1.54, 1.807) is 43.4 Å². The van der Waals surface area contributed by atoms with Crippen LogP contribution >= 0.6 is 15.9 Å². The van der Waals surface area contributed by atoms with Crippen molar-refractivity contribution in [3.8, 4) is 0 Å². The van der Waals surface area contributed by atoms with Crippen LogP contribution in [0.2, 0.25) is 0 Å². The number of carbonyl (C=O) groups is 2. The van der Waals surface area contributed by atoms with Crippen LogP contribution in [0.1, 0.15) is 18.1 Å². The third-order valence-corrected chi connectivity index (χ3v) is 3.96. The number of nitrogens with one attached hydrogen (secondary N) is 1. The van der Waals surface area contributed by atoms with Gasteiger partial charge in [-0.05, 0) is 35.9 Å². The normalized spacial score (nSPS) is 10.3. The van der Waals surface area contributed by atoms with Gasteiger partial charge in [-0.2, -0.15) is 0 Å². The van der Waals surface area contributed by atoms with Crippen LogP contribution in [0.25, 0.3) is 0 Å². The average molecular weight is 393 g/mol. The van der Waals surface area contributed by atoms with Crippen LogP contribution in [0.3, 0.4) is 0 Å². The molecule has 0 heterocycles. The van der Waals surface area contributed by atoms with Crippen molar-refractivity contribution in [2.24, 2.45) is 0 Å². The number of amides is 2. The highest BCUT2D eigenvalue weighted by atomic mass is 79.9. The highest BCUT2D eigenvalue weighted by Gasteiger charge is 2.13. The van der Waals surface area contributed by atoms with Gasteiger partial charge in [0.1, 0.15) is 5.82 Å². The number of benzene rings is 2. The molecule has 0 atom stereocenters. The number of halogens is 2. The SMILES string of the molecule is CC(=O)Nc1ccc(CC(=O)N(C)Cc2cc(Br)ccc2F)cc1. The Morgan fingerprint density at radius 3 is 2.46 bits per heavy atom. The van der Waals surface area contributed by atoms with E-state index in [4.69, 9.17) is 0 Å². The van der Waals surface area contributed by atoms with E-state index in [0.717, 1.165) is 10.0 Å². The van der Waals surface area contributed by atoms with E-state index < -0.39 is 0 Å². The van der Waals surface area contributed by atoms with Gasteiger partial charge in [-0.3, -0.25) is 9.59 Å². The van der Waals surface area contributed by atoms with E-state index in [1.807, 2.05) is 0 Å². The monoisotopic (exact) mass is 392 g/mol. The standard InChI is InChI=1S/C18H18BrFN2O2/c1-12(23)21-16-6-3-13(4-7-16)9-18(24)22(2)11-14-10-15(19)5-8-17(14)20/h3-8,10H,9,11H2,1-2H3,(H,21,23). The Balaban J connectivity index is 1.98. The summed E-state index contributed by atoms with van der Waals surface area (Å²) < 4.78 is 14.5. The van der Waals surface area contributed by atoms with Gasteiger partial charge in [-0.25, -0.2) is 4.39 Å². The molecule has 126 valence electrons. The second-order valence-corrected chi connectivity index (χ2v) is 6.46. The van der Waals surface area contributed by atoms with Gasteiger partial charge in [0.05, 0.1) is 6.42 Å². The molecule has 2 aromatic rings. The molecular weight excluding hydrogens is 375 g/mol. The zero-order valence-electron chi connectivity index (χ0n) is 13.5. The molecule has 4 nitrogen and oxygen atoms in total. The molecule has 1 N–H and O–H groups in total. The molecule has 2 amide bonds. The number of anilines is 1. The molecule has 0 unspecified atom stereocenters. The first kappa shape index (κ1) is 18.1. The third-order valence-electron chi connectivity index (χ3n) is 3.47. The second kappa shape index (κ2) is 8.06. The topological polar surface area (TPSA) is 49.4 Å². The third kappa shape index (κ3) is 5.16. The number of hydrogen-bond acceptors (Lipinski definition) is 2. The van der Waals surface area contributed by atoms with Crippen molar-refractivity contribution < 1.29 is 14.0 Å². The van der Waals surface area contributed by atoms with Gasteiger partial charge in [0, 0.05) is 36.2 Å². The maximum absolute atomic E-state index is 13.8. The minimum atomic E-state index is -0.336. The highest BCUT2D eigenvalue weighted by molar-refractivity contribution is 9.10. The quantitative estimate of drug-likeness (QED) is 0.842. The first-order valence-electron chi connectivity index (χ1n) is 7.39. The summed E-state index contributed by atoms with van der Waals surface area (Å²) in [5.74, 6) is -0.589. The van der Waals surface area contributed by atoms with Crippen molar-refractivity contribution in [2.75, 3.05) is 12.4 Å². The zero-order chi connectivity index (χ0) is 17.7. The molecule has 6 heteroatoms. The average Bonchev–Trinajstić information content (AvgIpc) is 2.52. The van der Waals surface area contributed by atoms with E-state index in [1.165, 1.54) is 17.9 Å². The minimum Gasteiger partial charge on any atom is -0.341 e. The molecule has 0 saturated carbocycles. The van der Waals surface area contributed by atoms with E-state index >= 15 is 0 Å². The molecule has 0 aromatic heterocycles. The molecule has 2 rings (SSSR count). The van der Waals surface area contributed by atoms with Crippen molar-refractivity contribution in [1.82, 2.24) is 4.90 Å². The van der Waals surface area contributed by atoms with Gasteiger partial charge in [0.15, 0.2) is 0 Å². The van der Waals surface area contributed by atoms with E-state index in [-0.39, 0.29) is 30.6 Å². The Bertz CT molecular complexity index is 747. The van der Waals surface area contributed by atoms with Crippen LogP contribution in [0.15, 0.2) is 46.9 Å². The Labute approximate surface area is 148 Å². The number of carbonyl (C=O) groups excluding carboxylic acids is 2. The van der Waals surface area contributed by atoms with Crippen LogP contribution in [0, 0.1) is 5.82 Å². The molecule has 0 saturated heterocycles. The summed E-state index contributed by atoms with van der Waals surface area (Å²) in [5.41, 5.74) is 1.97. The molecule has 24 heavy (non-hydrogen) atoms. The molecule has 0 bridgehead atoms. The van der Waals surface area contributed by atoms with Crippen molar-refractivity contribution >= 4 is 33.4 Å². The fourth-order valence-electron chi connectivity index (χ4n) is 2.23. The fraction of sp³-hybridized carbons (Fsp3) is 0.222. The lowest BCUT2D eigenvalue weighted by molar-refractivity contribution is -0.129. The molecule has 0 radical (unpaired) electrons. The van der Waals surface area contributed by atoms with Crippen LogP contribution in [0.5, 0.6) is 0 Å². The van der Waals surface area contributed by atoms with Crippen molar-refractivity contribution in [1.29, 1.82) is 0 Å². The lowest BCUT2D eigenvalue weighted by atomic mass is 10.1. The van der Waals surface area contributed by atoms with E-state index in [0.29, 0.717) is 11.3 Å². The molecule has 0 fully saturated rings. The Hall–Kier alpha value is -2.21. The first-order valence-corrected chi connectivity index (χ1v) is 8.19. The summed E-state index contributed by atoms with van der Waals surface area (Å²) >= 11 is 3.30. The summed E-state index contributed by atoms with van der Waals surface area (Å²) in [6.07, 6.45) is 0.215. The van der Waals surface area contributed by atoms with Crippen LogP contribution in [0.4, 0.5) is 10.1 Å². The Kier molecular flexibility index (Phi) is 6.09. The first-order chi connectivity index (χ1) is 11.3. The summed E-state index contributed by atoms with van der Waals surface area (Å²) in [5, 5.41) is 2.67. The Morgan fingerprint density at radius 1 is 1.17 bits per heavy atom. The summed E-state index contributed by atoms with van der Waals surface area (Å²) in [7, 11) is 1.65. The van der Waals surface area contributed by atoms with Crippen molar-refractivity contribution in [3.05, 3.63) is 63.9 Å². The predicted molar refractivity (Wildman–Crippen MR) is 95.0 cm³/mol. The fourth-order valence-corrected chi connectivity index (χ4v) is 2.64. The molecule has 0 aliphatic carbocycles. The van der Waals surface area contributed by atoms with Gasteiger partial charge in [-0.15, -0.1) is 0 Å². The van der Waals surface area contributed by atoms with Gasteiger partial charge in [-0.1, -0.05) is 28.1 Å². The zero-order valence-corrected chi connectivity index (χ0v) is 15.1. The van der Waals surface area contributed by atoms with Crippen LogP contribution < -0.4 is 5.32 Å². The summed E-state index contributed by atoms with van der Waals surface area (Å²) in [6.45, 7) is 1.64. The molecule has 2 aromatic carbocycles. The maximum Gasteiger partial charge on any atom is 0.227 e. The molecule has 0 spiro atoms. The molecule has 0 aliphatic rings. The van der Waals surface area contributed by atoms with Crippen molar-refractivity contribution in [3.63, 3.8) is 0 Å². The lowest BCUT2D eigenvalue weighted by Crippen LogP contribution is -2.28. The Morgan fingerprint density at radius 2 is 1.83 bits per heavy atom. The lowest BCUT2D eigenvalue weighted by Gasteiger charge is -2.18. The minimum absolute atomic E-state index is 0.110. The number of hydrogen-bond donors (Lipinski definition) is 1. The van der Waals surface area contributed by atoms with Gasteiger partial charge in [0.25, 0.3) is 0 Å². The smallest absolute Gasteiger partial charge is 0.227 e. The van der Waals surface area contributed by atoms with Crippen molar-refractivity contribution in [2.45, 2.75) is 19.9 Å². The number of rotatable bonds is 5. The van der Waals surface area contributed by atoms with E-state index in [2.05, 4.69) is 21.2 Å². The summed E-state index contributed by atoms with van der Waals surface area (Å²) in [6, 6.07) is 11.7. The van der Waals surface area contributed by atoms with Crippen LogP contribution in [-0.4, -0.2) is 23.8 Å². The summed E-state index contributed by atoms with van der Waals surface area (Å²) in [4.78, 5) is 24.8. The highest BCUT2D eigenvalue weighted by Crippen LogP contribution is 2.17. The maximum atomic E-state index is 13.8. The second-order valence-electron chi connectivity index (χ2n) is 5.54. The molecular formula is C18H18BrFN2O2. The molecule has 0 aliphatic heterocycles. The number of nitrogens with zero attached hydrogens (tertiary/aromatic N) is 1. The van der Waals surface area contributed by atoms with Crippen LogP contribution in [-0.2, 0) is 22.6 Å².